The highest BCUT2D eigenvalue weighted by molar-refractivity contribution is 9.10. The average molecular weight is 349 g/mol. The van der Waals surface area contributed by atoms with Crippen molar-refractivity contribution in [3.63, 3.8) is 0 Å². The monoisotopic (exact) mass is 348 g/mol. The average Bonchev–Trinajstić information content (AvgIpc) is 2.49. The molecule has 1 heterocycles. The van der Waals surface area contributed by atoms with Gasteiger partial charge in [0.2, 0.25) is 0 Å². The van der Waals surface area contributed by atoms with Crippen molar-refractivity contribution < 1.29 is 4.74 Å². The summed E-state index contributed by atoms with van der Waals surface area (Å²) in [6, 6.07) is 12.1. The zero-order chi connectivity index (χ0) is 15.1. The molecule has 0 bridgehead atoms. The van der Waals surface area contributed by atoms with E-state index in [2.05, 4.69) is 46.1 Å². The molecule has 4 heteroatoms. The van der Waals surface area contributed by atoms with Gasteiger partial charge < -0.3 is 10.1 Å². The molecule has 0 amide bonds. The fraction of sp³-hybridized carbons (Fsp3) is 0.353. The van der Waals surface area contributed by atoms with Crippen LogP contribution in [0.3, 0.4) is 0 Å². The second-order valence-electron chi connectivity index (χ2n) is 5.18. The molecule has 1 aromatic heterocycles. The normalized spacial score (nSPS) is 10.9. The number of rotatable bonds is 7. The number of halogens is 1. The molecule has 1 aromatic carbocycles. The first kappa shape index (κ1) is 16.0. The fourth-order valence-corrected chi connectivity index (χ4v) is 2.43. The molecule has 0 atom stereocenters. The summed E-state index contributed by atoms with van der Waals surface area (Å²) in [5.41, 5.74) is 2.28. The third kappa shape index (κ3) is 5.14. The molecular formula is C17H21BrN2O. The number of ether oxygens (including phenoxy) is 1. The van der Waals surface area contributed by atoms with Crippen molar-refractivity contribution in [1.82, 2.24) is 10.3 Å². The van der Waals surface area contributed by atoms with E-state index in [1.165, 1.54) is 5.56 Å². The Kier molecular flexibility index (Phi) is 6.21. The van der Waals surface area contributed by atoms with Gasteiger partial charge in [0.1, 0.15) is 12.4 Å². The topological polar surface area (TPSA) is 34.1 Å². The van der Waals surface area contributed by atoms with E-state index in [1.54, 1.807) is 0 Å². The zero-order valence-electron chi connectivity index (χ0n) is 12.5. The van der Waals surface area contributed by atoms with Crippen molar-refractivity contribution in [1.29, 1.82) is 0 Å². The van der Waals surface area contributed by atoms with Crippen LogP contribution in [0.4, 0.5) is 0 Å². The van der Waals surface area contributed by atoms with E-state index in [1.807, 2.05) is 36.5 Å². The molecule has 0 aliphatic heterocycles. The summed E-state index contributed by atoms with van der Waals surface area (Å²) in [5, 5.41) is 3.34. The third-order valence-electron chi connectivity index (χ3n) is 3.16. The second-order valence-corrected chi connectivity index (χ2v) is 6.10. The van der Waals surface area contributed by atoms with E-state index in [-0.39, 0.29) is 0 Å². The number of aromatic nitrogens is 1. The van der Waals surface area contributed by atoms with Gasteiger partial charge in [-0.25, -0.2) is 0 Å². The van der Waals surface area contributed by atoms with Crippen LogP contribution in [0, 0.1) is 0 Å². The van der Waals surface area contributed by atoms with Gasteiger partial charge in [0.25, 0.3) is 0 Å². The lowest BCUT2D eigenvalue weighted by Crippen LogP contribution is -2.21. The number of pyridine rings is 1. The van der Waals surface area contributed by atoms with Crippen LogP contribution < -0.4 is 10.1 Å². The lowest BCUT2D eigenvalue weighted by molar-refractivity contribution is 0.309. The summed E-state index contributed by atoms with van der Waals surface area (Å²) < 4.78 is 6.98. The van der Waals surface area contributed by atoms with E-state index in [4.69, 9.17) is 4.74 Å². The summed E-state index contributed by atoms with van der Waals surface area (Å²) in [6.45, 7) is 6.56. The Morgan fingerprint density at radius 3 is 2.81 bits per heavy atom. The summed E-state index contributed by atoms with van der Waals surface area (Å²) >= 11 is 3.51. The summed E-state index contributed by atoms with van der Waals surface area (Å²) in [5.74, 6) is 1.41. The molecule has 0 radical (unpaired) electrons. The lowest BCUT2D eigenvalue weighted by Gasteiger charge is -2.14. The molecule has 0 unspecified atom stereocenters. The first-order valence-electron chi connectivity index (χ1n) is 7.19. The Labute approximate surface area is 134 Å². The predicted octanol–water partition coefficient (Wildman–Crippen LogP) is 4.14. The summed E-state index contributed by atoms with van der Waals surface area (Å²) in [4.78, 5) is 4.27. The molecule has 0 saturated heterocycles. The Bertz CT molecular complexity index is 558. The number of nitrogens with one attached hydrogen (secondary N) is 1. The van der Waals surface area contributed by atoms with E-state index >= 15 is 0 Å². The molecular weight excluding hydrogens is 328 g/mol. The van der Waals surface area contributed by atoms with Gasteiger partial charge in [0.05, 0.1) is 5.69 Å². The summed E-state index contributed by atoms with van der Waals surface area (Å²) in [7, 11) is 0. The molecule has 0 spiro atoms. The van der Waals surface area contributed by atoms with Crippen LogP contribution in [0.2, 0.25) is 0 Å². The fourth-order valence-electron chi connectivity index (χ4n) is 2.05. The van der Waals surface area contributed by atoms with Crippen LogP contribution in [0.15, 0.2) is 47.1 Å². The maximum absolute atomic E-state index is 5.89. The van der Waals surface area contributed by atoms with E-state index in [9.17, 15) is 0 Å². The molecule has 2 rings (SSSR count). The number of nitrogens with zero attached hydrogens (tertiary/aromatic N) is 1. The van der Waals surface area contributed by atoms with Crippen LogP contribution in [0.25, 0.3) is 0 Å². The predicted molar refractivity (Wildman–Crippen MR) is 89.7 cm³/mol. The van der Waals surface area contributed by atoms with Crippen molar-refractivity contribution in [2.24, 2.45) is 0 Å². The highest BCUT2D eigenvalue weighted by Gasteiger charge is 2.08. The Morgan fingerprint density at radius 1 is 1.24 bits per heavy atom. The quantitative estimate of drug-likeness (QED) is 0.763. The van der Waals surface area contributed by atoms with Crippen LogP contribution in [-0.4, -0.2) is 18.1 Å². The maximum atomic E-state index is 5.89. The number of hydrogen-bond acceptors (Lipinski definition) is 3. The van der Waals surface area contributed by atoms with Crippen molar-refractivity contribution in [2.45, 2.75) is 26.3 Å². The molecule has 3 nitrogen and oxygen atoms in total. The molecule has 21 heavy (non-hydrogen) atoms. The van der Waals surface area contributed by atoms with Crippen LogP contribution in [-0.2, 0) is 6.54 Å². The maximum Gasteiger partial charge on any atom is 0.122 e. The Morgan fingerprint density at radius 2 is 2.10 bits per heavy atom. The molecule has 1 N–H and O–H groups in total. The van der Waals surface area contributed by atoms with Gasteiger partial charge in [0, 0.05) is 23.8 Å². The van der Waals surface area contributed by atoms with Gasteiger partial charge in [0.15, 0.2) is 0 Å². The molecule has 0 aliphatic rings. The van der Waals surface area contributed by atoms with Crippen LogP contribution in [0.5, 0.6) is 5.75 Å². The molecule has 2 aromatic rings. The third-order valence-corrected chi connectivity index (χ3v) is 3.66. The largest absolute Gasteiger partial charge is 0.492 e. The summed E-state index contributed by atoms with van der Waals surface area (Å²) in [6.07, 6.45) is 1.81. The first-order valence-corrected chi connectivity index (χ1v) is 7.99. The number of benzene rings is 1. The van der Waals surface area contributed by atoms with Crippen LogP contribution >= 0.6 is 15.9 Å². The highest BCUT2D eigenvalue weighted by atomic mass is 79.9. The smallest absolute Gasteiger partial charge is 0.122 e. The van der Waals surface area contributed by atoms with E-state index in [0.29, 0.717) is 12.5 Å². The van der Waals surface area contributed by atoms with Crippen LogP contribution in [0.1, 0.15) is 31.0 Å². The highest BCUT2D eigenvalue weighted by Crippen LogP contribution is 2.29. The van der Waals surface area contributed by atoms with Crippen molar-refractivity contribution >= 4 is 15.9 Å². The second kappa shape index (κ2) is 8.15. The van der Waals surface area contributed by atoms with Crippen molar-refractivity contribution in [2.75, 3.05) is 13.2 Å². The standard InChI is InChI=1S/C17H21BrN2O/c1-13(2)16-11-14(18)6-7-17(16)21-10-9-19-12-15-5-3-4-8-20-15/h3-8,11,13,19H,9-10,12H2,1-2H3. The lowest BCUT2D eigenvalue weighted by atomic mass is 10.0. The van der Waals surface area contributed by atoms with Crippen molar-refractivity contribution in [3.8, 4) is 5.75 Å². The zero-order valence-corrected chi connectivity index (χ0v) is 14.1. The van der Waals surface area contributed by atoms with Gasteiger partial charge >= 0.3 is 0 Å². The van der Waals surface area contributed by atoms with Gasteiger partial charge in [-0.15, -0.1) is 0 Å². The van der Waals surface area contributed by atoms with Gasteiger partial charge in [-0.1, -0.05) is 35.8 Å². The Hall–Kier alpha value is -1.39. The molecule has 0 aliphatic carbocycles. The Balaban J connectivity index is 1.78. The minimum Gasteiger partial charge on any atom is -0.492 e. The molecule has 0 fully saturated rings. The number of hydrogen-bond donors (Lipinski definition) is 1. The van der Waals surface area contributed by atoms with Gasteiger partial charge in [-0.2, -0.15) is 0 Å². The molecule has 112 valence electrons. The van der Waals surface area contributed by atoms with E-state index < -0.39 is 0 Å². The molecule has 0 saturated carbocycles. The minimum atomic E-state index is 0.443. The van der Waals surface area contributed by atoms with Gasteiger partial charge in [-0.05, 0) is 41.8 Å². The van der Waals surface area contributed by atoms with Gasteiger partial charge in [-0.3, -0.25) is 4.98 Å². The SMILES string of the molecule is CC(C)c1cc(Br)ccc1OCCNCc1ccccn1. The van der Waals surface area contributed by atoms with Crippen molar-refractivity contribution in [3.05, 3.63) is 58.3 Å². The minimum absolute atomic E-state index is 0.443. The van der Waals surface area contributed by atoms with E-state index in [0.717, 1.165) is 29.0 Å². The first-order chi connectivity index (χ1) is 10.2.